The first-order valence-corrected chi connectivity index (χ1v) is 4.06. The van der Waals surface area contributed by atoms with Crippen LogP contribution in [-0.4, -0.2) is 11.8 Å². The number of nitrogens with one attached hydrogen (secondary N) is 1. The van der Waals surface area contributed by atoms with Gasteiger partial charge in [-0.05, 0) is 6.07 Å². The molecule has 2 rings (SSSR count). The lowest BCUT2D eigenvalue weighted by Crippen LogP contribution is -2.54. The van der Waals surface area contributed by atoms with Crippen molar-refractivity contribution in [2.75, 3.05) is 5.32 Å². The van der Waals surface area contributed by atoms with Crippen LogP contribution in [0.4, 0.5) is 5.69 Å². The van der Waals surface area contributed by atoms with Crippen LogP contribution in [0, 0.1) is 0 Å². The van der Waals surface area contributed by atoms with E-state index < -0.39 is 17.4 Å². The minimum absolute atomic E-state index is 0.428. The first-order valence-electron chi connectivity index (χ1n) is 4.06. The summed E-state index contributed by atoms with van der Waals surface area (Å²) >= 11 is 0. The van der Waals surface area contributed by atoms with Crippen LogP contribution in [-0.2, 0) is 15.1 Å². The van der Waals surface area contributed by atoms with E-state index in [0.717, 1.165) is 0 Å². The van der Waals surface area contributed by atoms with Crippen molar-refractivity contribution >= 4 is 17.5 Å². The smallest absolute Gasteiger partial charge is 0.258 e. The van der Waals surface area contributed by atoms with Crippen molar-refractivity contribution in [3.63, 3.8) is 0 Å². The molecule has 0 saturated heterocycles. The van der Waals surface area contributed by atoms with Gasteiger partial charge in [0.05, 0.1) is 0 Å². The number of rotatable bonds is 1. The van der Waals surface area contributed by atoms with E-state index in [1.807, 2.05) is 0 Å². The topological polar surface area (TPSA) is 98.2 Å². The van der Waals surface area contributed by atoms with E-state index in [1.165, 1.54) is 0 Å². The summed E-state index contributed by atoms with van der Waals surface area (Å²) in [4.78, 5) is 22.6. The summed E-state index contributed by atoms with van der Waals surface area (Å²) in [6, 6.07) is 6.72. The highest BCUT2D eigenvalue weighted by molar-refractivity contribution is 6.19. The Hall–Kier alpha value is -1.88. The van der Waals surface area contributed by atoms with E-state index in [-0.39, 0.29) is 0 Å². The molecule has 1 atom stereocenters. The summed E-state index contributed by atoms with van der Waals surface area (Å²) in [5, 5.41) is 2.50. The van der Waals surface area contributed by atoms with Gasteiger partial charge in [0.25, 0.3) is 11.8 Å². The predicted molar refractivity (Wildman–Crippen MR) is 50.1 cm³/mol. The van der Waals surface area contributed by atoms with E-state index in [0.29, 0.717) is 11.3 Å². The molecule has 0 radical (unpaired) electrons. The standard InChI is InChI=1S/C9H9N3O2/c10-7(13)9(11)5-3-1-2-4-6(5)12-8(9)14/h1-4H,11H2,(H2,10,13)(H,12,14)/t9-/m1/s1. The number of carbonyl (C=O) groups is 2. The highest BCUT2D eigenvalue weighted by atomic mass is 16.2. The van der Waals surface area contributed by atoms with Crippen LogP contribution in [0.5, 0.6) is 0 Å². The molecule has 1 aromatic carbocycles. The SMILES string of the molecule is NC(=O)[C@@]1(N)C(=O)Nc2ccccc21. The lowest BCUT2D eigenvalue weighted by Gasteiger charge is -2.16. The molecule has 5 N–H and O–H groups in total. The molecule has 0 fully saturated rings. The number of hydrogen-bond donors (Lipinski definition) is 3. The summed E-state index contributed by atoms with van der Waals surface area (Å²) in [5.74, 6) is -1.42. The number of fused-ring (bicyclic) bond motifs is 1. The molecule has 0 spiro atoms. The second-order valence-electron chi connectivity index (χ2n) is 3.17. The molecule has 0 unspecified atom stereocenters. The molecule has 5 nitrogen and oxygen atoms in total. The number of anilines is 1. The van der Waals surface area contributed by atoms with Gasteiger partial charge >= 0.3 is 0 Å². The second-order valence-corrected chi connectivity index (χ2v) is 3.17. The molecule has 14 heavy (non-hydrogen) atoms. The van der Waals surface area contributed by atoms with Crippen molar-refractivity contribution in [3.8, 4) is 0 Å². The minimum Gasteiger partial charge on any atom is -0.367 e. The third-order valence-electron chi connectivity index (χ3n) is 2.35. The molecule has 72 valence electrons. The predicted octanol–water partition coefficient (Wildman–Crippen LogP) is -0.722. The maximum Gasteiger partial charge on any atom is 0.258 e. The van der Waals surface area contributed by atoms with Crippen molar-refractivity contribution in [1.29, 1.82) is 0 Å². The van der Waals surface area contributed by atoms with Gasteiger partial charge in [-0.1, -0.05) is 18.2 Å². The molecular formula is C9H9N3O2. The van der Waals surface area contributed by atoms with Gasteiger partial charge in [-0.3, -0.25) is 9.59 Å². The van der Waals surface area contributed by atoms with Crippen LogP contribution in [0.3, 0.4) is 0 Å². The fourth-order valence-electron chi connectivity index (χ4n) is 1.52. The molecule has 1 aromatic rings. The molecule has 1 heterocycles. The third-order valence-corrected chi connectivity index (χ3v) is 2.35. The monoisotopic (exact) mass is 191 g/mol. The summed E-state index contributed by atoms with van der Waals surface area (Å²) in [6.45, 7) is 0. The molecule has 1 aliphatic rings. The van der Waals surface area contributed by atoms with Crippen molar-refractivity contribution in [2.45, 2.75) is 5.54 Å². The maximum atomic E-state index is 11.5. The average molecular weight is 191 g/mol. The Kier molecular flexibility index (Phi) is 1.59. The number of hydrogen-bond acceptors (Lipinski definition) is 3. The highest BCUT2D eigenvalue weighted by Crippen LogP contribution is 2.33. The van der Waals surface area contributed by atoms with Crippen LogP contribution in [0.2, 0.25) is 0 Å². The van der Waals surface area contributed by atoms with Gasteiger partial charge in [0.1, 0.15) is 0 Å². The Morgan fingerprint density at radius 3 is 2.64 bits per heavy atom. The number of carbonyl (C=O) groups excluding carboxylic acids is 2. The molecular weight excluding hydrogens is 182 g/mol. The zero-order valence-corrected chi connectivity index (χ0v) is 7.28. The first kappa shape index (κ1) is 8.71. The minimum atomic E-state index is -1.73. The van der Waals surface area contributed by atoms with Crippen LogP contribution in [0.25, 0.3) is 0 Å². The largest absolute Gasteiger partial charge is 0.367 e. The summed E-state index contributed by atoms with van der Waals surface area (Å²) in [6.07, 6.45) is 0. The van der Waals surface area contributed by atoms with Crippen LogP contribution >= 0.6 is 0 Å². The lowest BCUT2D eigenvalue weighted by molar-refractivity contribution is -0.132. The number of para-hydroxylation sites is 1. The Balaban J connectivity index is 2.66. The van der Waals surface area contributed by atoms with E-state index in [4.69, 9.17) is 11.5 Å². The molecule has 1 aliphatic heterocycles. The third kappa shape index (κ3) is 0.869. The maximum absolute atomic E-state index is 11.5. The van der Waals surface area contributed by atoms with Crippen molar-refractivity contribution in [2.24, 2.45) is 11.5 Å². The normalized spacial score (nSPS) is 24.2. The van der Waals surface area contributed by atoms with Gasteiger partial charge in [0.2, 0.25) is 5.54 Å². The Bertz CT molecular complexity index is 430. The quantitative estimate of drug-likeness (QED) is 0.511. The number of amides is 2. The molecule has 0 saturated carbocycles. The zero-order chi connectivity index (χ0) is 10.3. The summed E-state index contributed by atoms with van der Waals surface area (Å²) < 4.78 is 0. The first-order chi connectivity index (χ1) is 6.56. The Morgan fingerprint density at radius 1 is 1.36 bits per heavy atom. The summed E-state index contributed by atoms with van der Waals surface area (Å²) in [7, 11) is 0. The van der Waals surface area contributed by atoms with Gasteiger partial charge in [0.15, 0.2) is 0 Å². The van der Waals surface area contributed by atoms with E-state index >= 15 is 0 Å². The van der Waals surface area contributed by atoms with Gasteiger partial charge in [-0.2, -0.15) is 0 Å². The van der Waals surface area contributed by atoms with E-state index in [9.17, 15) is 9.59 Å². The average Bonchev–Trinajstić information content (AvgIpc) is 2.41. The van der Waals surface area contributed by atoms with E-state index in [2.05, 4.69) is 5.32 Å². The summed E-state index contributed by atoms with van der Waals surface area (Å²) in [5.41, 5.74) is 10.0. The van der Waals surface area contributed by atoms with Gasteiger partial charge in [-0.15, -0.1) is 0 Å². The Morgan fingerprint density at radius 2 is 2.00 bits per heavy atom. The fraction of sp³-hybridized carbons (Fsp3) is 0.111. The highest BCUT2D eigenvalue weighted by Gasteiger charge is 2.48. The molecule has 0 aliphatic carbocycles. The van der Waals surface area contributed by atoms with Crippen LogP contribution in [0.15, 0.2) is 24.3 Å². The second kappa shape index (κ2) is 2.55. The fourth-order valence-corrected chi connectivity index (χ4v) is 1.52. The molecule has 2 amide bonds. The van der Waals surface area contributed by atoms with Crippen molar-refractivity contribution in [1.82, 2.24) is 0 Å². The van der Waals surface area contributed by atoms with Gasteiger partial charge in [-0.25, -0.2) is 0 Å². The lowest BCUT2D eigenvalue weighted by atomic mass is 9.92. The van der Waals surface area contributed by atoms with Gasteiger partial charge in [0, 0.05) is 11.3 Å². The Labute approximate surface area is 80.1 Å². The molecule has 5 heteroatoms. The zero-order valence-electron chi connectivity index (χ0n) is 7.28. The van der Waals surface area contributed by atoms with Gasteiger partial charge < -0.3 is 16.8 Å². The molecule has 0 bridgehead atoms. The van der Waals surface area contributed by atoms with Crippen molar-refractivity contribution in [3.05, 3.63) is 29.8 Å². The molecule has 0 aromatic heterocycles. The van der Waals surface area contributed by atoms with Crippen molar-refractivity contribution < 1.29 is 9.59 Å². The van der Waals surface area contributed by atoms with Crippen LogP contribution < -0.4 is 16.8 Å². The van der Waals surface area contributed by atoms with Crippen LogP contribution in [0.1, 0.15) is 5.56 Å². The number of benzene rings is 1. The number of nitrogens with two attached hydrogens (primary N) is 2. The van der Waals surface area contributed by atoms with E-state index in [1.54, 1.807) is 24.3 Å². The number of primary amides is 1.